The van der Waals surface area contributed by atoms with Gasteiger partial charge in [-0.15, -0.1) is 25.7 Å². The van der Waals surface area contributed by atoms with Crippen LogP contribution in [0.4, 0.5) is 44.3 Å². The molecule has 0 atom stereocenters. The first kappa shape index (κ1) is 41.2. The van der Waals surface area contributed by atoms with Crippen LogP contribution < -0.4 is 4.74 Å². The number of hydrogen-bond donors (Lipinski definition) is 1. The molecule has 1 saturated heterocycles. The summed E-state index contributed by atoms with van der Waals surface area (Å²) in [4.78, 5) is 28.1. The zero-order valence-corrected chi connectivity index (χ0v) is 25.7. The average Bonchev–Trinajstić information content (AvgIpc) is 3.44. The predicted molar refractivity (Wildman–Crippen MR) is 162 cm³/mol. The highest BCUT2D eigenvalue weighted by Crippen LogP contribution is 2.37. The van der Waals surface area contributed by atoms with Crippen molar-refractivity contribution in [1.29, 1.82) is 0 Å². The van der Waals surface area contributed by atoms with Crippen LogP contribution in [0.2, 0.25) is 0 Å². The Balaban J connectivity index is 0.000000536. The number of benzene rings is 2. The van der Waals surface area contributed by atoms with E-state index in [-0.39, 0.29) is 36.4 Å². The number of aryl methyl sites for hydroxylation is 1. The molecule has 2 aromatic carbocycles. The summed E-state index contributed by atoms with van der Waals surface area (Å²) in [6.45, 7) is 0.365. The number of carbonyl (C=O) groups excluding carboxylic acids is 1. The molecule has 0 spiro atoms. The van der Waals surface area contributed by atoms with Crippen LogP contribution in [0.15, 0.2) is 54.6 Å². The highest BCUT2D eigenvalue weighted by molar-refractivity contribution is 8.13. The minimum Gasteiger partial charge on any atom is -0.496 e. The lowest BCUT2D eigenvalue weighted by molar-refractivity contribution is -0.143. The zero-order valence-electron chi connectivity index (χ0n) is 24.9. The van der Waals surface area contributed by atoms with Gasteiger partial charge in [-0.05, 0) is 48.4 Å². The van der Waals surface area contributed by atoms with Gasteiger partial charge in [0.1, 0.15) is 11.4 Å². The molecule has 0 bridgehead atoms. The van der Waals surface area contributed by atoms with Crippen molar-refractivity contribution >= 4 is 23.0 Å². The third-order valence-electron chi connectivity index (χ3n) is 6.15. The Morgan fingerprint density at radius 3 is 1.92 bits per heavy atom. The van der Waals surface area contributed by atoms with Crippen LogP contribution in [0.3, 0.4) is 0 Å². The molecular weight excluding hydrogens is 679 g/mol. The minimum absolute atomic E-state index is 0.0619. The smallest absolute Gasteiger partial charge is 0.433 e. The first-order valence-electron chi connectivity index (χ1n) is 13.2. The van der Waals surface area contributed by atoms with Crippen molar-refractivity contribution in [1.82, 2.24) is 9.88 Å². The molecule has 1 aromatic heterocycles. The maximum Gasteiger partial charge on any atom is 0.433 e. The monoisotopic (exact) mass is 706 g/mol. The van der Waals surface area contributed by atoms with E-state index in [2.05, 4.69) is 30.7 Å². The third-order valence-corrected chi connectivity index (χ3v) is 7.04. The summed E-state index contributed by atoms with van der Waals surface area (Å²) >= 11 is 1.11. The number of ether oxygens (including phenoxy) is 1. The van der Waals surface area contributed by atoms with Crippen molar-refractivity contribution in [3.63, 3.8) is 0 Å². The van der Waals surface area contributed by atoms with E-state index in [4.69, 9.17) is 9.84 Å². The normalized spacial score (nSPS) is 12.8. The lowest BCUT2D eigenvalue weighted by Gasteiger charge is -2.20. The van der Waals surface area contributed by atoms with E-state index in [1.807, 2.05) is 0 Å². The van der Waals surface area contributed by atoms with E-state index in [0.29, 0.717) is 46.9 Å². The van der Waals surface area contributed by atoms with Gasteiger partial charge in [0.25, 0.3) is 5.24 Å². The van der Waals surface area contributed by atoms with Crippen LogP contribution in [0, 0.1) is 25.7 Å². The number of nitrogens with zero attached hydrogens (tertiary/aromatic N) is 2. The summed E-state index contributed by atoms with van der Waals surface area (Å²) in [6.07, 6.45) is 2.06. The van der Waals surface area contributed by atoms with Crippen LogP contribution in [0.5, 0.6) is 5.75 Å². The quantitative estimate of drug-likeness (QED) is 0.196. The number of amides is 1. The van der Waals surface area contributed by atoms with E-state index in [1.54, 1.807) is 18.2 Å². The summed E-state index contributed by atoms with van der Waals surface area (Å²) in [7, 11) is 1.44. The average molecular weight is 707 g/mol. The Morgan fingerprint density at radius 2 is 1.46 bits per heavy atom. The van der Waals surface area contributed by atoms with Crippen LogP contribution >= 0.6 is 11.8 Å². The number of halogens is 9. The summed E-state index contributed by atoms with van der Waals surface area (Å²) in [5, 5.41) is 8.71. The maximum absolute atomic E-state index is 13.3. The van der Waals surface area contributed by atoms with Gasteiger partial charge in [0.15, 0.2) is 0 Å². The van der Waals surface area contributed by atoms with E-state index in [1.165, 1.54) is 18.1 Å². The highest BCUT2D eigenvalue weighted by Gasteiger charge is 2.36. The van der Waals surface area contributed by atoms with Gasteiger partial charge in [-0.1, -0.05) is 30.0 Å². The van der Waals surface area contributed by atoms with Gasteiger partial charge in [-0.2, -0.15) is 39.5 Å². The van der Waals surface area contributed by atoms with E-state index >= 15 is 0 Å². The molecule has 1 aliphatic rings. The van der Waals surface area contributed by atoms with Gasteiger partial charge in [0.2, 0.25) is 0 Å². The van der Waals surface area contributed by atoms with Gasteiger partial charge in [-0.3, -0.25) is 9.59 Å². The molecule has 258 valence electrons. The van der Waals surface area contributed by atoms with Crippen molar-refractivity contribution < 1.29 is 58.9 Å². The van der Waals surface area contributed by atoms with Crippen LogP contribution in [-0.2, 0) is 36.3 Å². The SMILES string of the molecule is C#C.C#C.COc1ccc(CCC(=O)O)cc1-c1ccc(C(F)(F)F)nc1CN1CCSC1=O.FC(F)(F)c1cccc(C(F)(F)F)c1. The first-order valence-corrected chi connectivity index (χ1v) is 14.2. The zero-order chi connectivity index (χ0) is 36.9. The number of methoxy groups -OCH3 is 1. The Kier molecular flexibility index (Phi) is 15.4. The number of aromatic nitrogens is 1. The Hall–Kier alpha value is -4.83. The molecule has 1 amide bonds. The standard InChI is InChI=1S/C20H19F3N2O4S.C8H4F6.2C2H2/c1-29-16-5-2-12(3-7-18(26)27)10-14(16)13-4-6-17(20(21,22)23)24-15(13)11-25-8-9-30-19(25)28;9-7(10,11)5-2-1-3-6(4-5)8(12,13)14;2*1-2/h2,4-6,10H,3,7-9,11H2,1H3,(H,26,27);1-4H;2*1-2H. The van der Waals surface area contributed by atoms with Gasteiger partial charge < -0.3 is 14.7 Å². The van der Waals surface area contributed by atoms with E-state index in [0.717, 1.165) is 23.9 Å². The van der Waals surface area contributed by atoms with Crippen molar-refractivity contribution in [3.05, 3.63) is 82.7 Å². The molecule has 16 heteroatoms. The Bertz CT molecular complexity index is 1550. The fourth-order valence-electron chi connectivity index (χ4n) is 4.02. The number of aliphatic carboxylic acids is 1. The summed E-state index contributed by atoms with van der Waals surface area (Å²) in [5.74, 6) is 0.0366. The third kappa shape index (κ3) is 12.1. The van der Waals surface area contributed by atoms with Gasteiger partial charge in [0.05, 0.1) is 30.5 Å². The number of thioether (sulfide) groups is 1. The minimum atomic E-state index is -4.75. The van der Waals surface area contributed by atoms with E-state index < -0.39 is 41.3 Å². The second-order valence-electron chi connectivity index (χ2n) is 9.23. The molecule has 0 aliphatic carbocycles. The Morgan fingerprint density at radius 1 is 0.875 bits per heavy atom. The molecule has 0 saturated carbocycles. The first-order chi connectivity index (χ1) is 22.4. The number of carboxylic acid groups (broad SMARTS) is 1. The number of pyridine rings is 1. The van der Waals surface area contributed by atoms with Crippen molar-refractivity contribution in [2.75, 3.05) is 19.4 Å². The second kappa shape index (κ2) is 17.9. The number of rotatable bonds is 7. The largest absolute Gasteiger partial charge is 0.496 e. The number of alkyl halides is 9. The molecule has 3 aromatic rings. The summed E-state index contributed by atoms with van der Waals surface area (Å²) in [5.41, 5.74) is -1.93. The van der Waals surface area contributed by atoms with Crippen LogP contribution in [0.25, 0.3) is 11.1 Å². The van der Waals surface area contributed by atoms with Gasteiger partial charge in [-0.25, -0.2) is 4.98 Å². The molecule has 0 unspecified atom stereocenters. The molecule has 4 rings (SSSR count). The van der Waals surface area contributed by atoms with Gasteiger partial charge >= 0.3 is 24.5 Å². The van der Waals surface area contributed by atoms with E-state index in [9.17, 15) is 49.1 Å². The highest BCUT2D eigenvalue weighted by atomic mass is 32.2. The molecule has 0 radical (unpaired) electrons. The molecule has 1 N–H and O–H groups in total. The summed E-state index contributed by atoms with van der Waals surface area (Å²) in [6, 6.07) is 9.25. The second-order valence-corrected chi connectivity index (χ2v) is 10.3. The Labute approximate surface area is 274 Å². The molecule has 1 aliphatic heterocycles. The van der Waals surface area contributed by atoms with Gasteiger partial charge in [0, 0.05) is 29.8 Å². The molecule has 1 fully saturated rings. The van der Waals surface area contributed by atoms with Crippen molar-refractivity contribution in [3.8, 4) is 42.6 Å². The fraction of sp³-hybridized carbons (Fsp3) is 0.281. The van der Waals surface area contributed by atoms with Crippen LogP contribution in [0.1, 0.15) is 34.5 Å². The topological polar surface area (TPSA) is 79.7 Å². The molecular formula is C32H27F9N2O4S. The van der Waals surface area contributed by atoms with Crippen molar-refractivity contribution in [2.24, 2.45) is 0 Å². The number of carbonyl (C=O) groups is 2. The lowest BCUT2D eigenvalue weighted by Crippen LogP contribution is -2.24. The predicted octanol–water partition coefficient (Wildman–Crippen LogP) is 8.69. The maximum atomic E-state index is 13.3. The number of terminal acetylenes is 2. The molecule has 2 heterocycles. The molecule has 48 heavy (non-hydrogen) atoms. The van der Waals surface area contributed by atoms with Crippen molar-refractivity contribution in [2.45, 2.75) is 37.9 Å². The van der Waals surface area contributed by atoms with Crippen LogP contribution in [-0.4, -0.2) is 45.6 Å². The molecule has 6 nitrogen and oxygen atoms in total. The lowest BCUT2D eigenvalue weighted by atomic mass is 9.98. The fourth-order valence-corrected chi connectivity index (χ4v) is 4.84. The summed E-state index contributed by atoms with van der Waals surface area (Å²) < 4.78 is 117. The number of hydrogen-bond acceptors (Lipinski definition) is 5. The number of carboxylic acids is 1.